The molecule has 2 aromatic heterocycles. The second-order valence-electron chi connectivity index (χ2n) is 4.43. The van der Waals surface area contributed by atoms with Crippen LogP contribution in [0.3, 0.4) is 0 Å². The zero-order valence-corrected chi connectivity index (χ0v) is 10.6. The number of hydrogen-bond acceptors (Lipinski definition) is 4. The first-order chi connectivity index (χ1) is 8.16. The molecule has 5 nitrogen and oxygen atoms in total. The highest BCUT2D eigenvalue weighted by Gasteiger charge is 2.04. The highest BCUT2D eigenvalue weighted by atomic mass is 15.2. The van der Waals surface area contributed by atoms with Crippen LogP contribution < -0.4 is 10.6 Å². The predicted molar refractivity (Wildman–Crippen MR) is 69.4 cm³/mol. The van der Waals surface area contributed by atoms with Crippen molar-refractivity contribution in [1.82, 2.24) is 19.9 Å². The van der Waals surface area contributed by atoms with Crippen molar-refractivity contribution in [2.45, 2.75) is 26.8 Å². The minimum atomic E-state index is 0.512. The van der Waals surface area contributed by atoms with E-state index in [2.05, 4.69) is 34.6 Å². The fourth-order valence-corrected chi connectivity index (χ4v) is 1.72. The second kappa shape index (κ2) is 5.14. The van der Waals surface area contributed by atoms with Gasteiger partial charge in [-0.2, -0.15) is 5.10 Å². The first-order valence-electron chi connectivity index (χ1n) is 5.95. The average Bonchev–Trinajstić information content (AvgIpc) is 2.65. The summed E-state index contributed by atoms with van der Waals surface area (Å²) in [5.41, 5.74) is 2.02. The number of rotatable bonds is 5. The summed E-state index contributed by atoms with van der Waals surface area (Å²) in [6.45, 7) is 8.04. The third kappa shape index (κ3) is 2.94. The molecule has 0 radical (unpaired) electrons. The molecule has 0 spiro atoms. The molecule has 0 saturated carbocycles. The lowest BCUT2D eigenvalue weighted by Crippen LogP contribution is -2.28. The van der Waals surface area contributed by atoms with E-state index in [-0.39, 0.29) is 0 Å². The fourth-order valence-electron chi connectivity index (χ4n) is 1.72. The molecular formula is C12H19N5. The van der Waals surface area contributed by atoms with Crippen molar-refractivity contribution in [2.24, 2.45) is 0 Å². The standard InChI is InChI=1S/C12H19N5/c1-9(2)13-4-5-14-12-11-8-10(3)16-17(11)7-6-15-12/h6-9,13H,4-5H2,1-3H3,(H,14,15). The topological polar surface area (TPSA) is 54.2 Å². The second-order valence-corrected chi connectivity index (χ2v) is 4.43. The molecule has 0 unspecified atom stereocenters. The lowest BCUT2D eigenvalue weighted by Gasteiger charge is -2.09. The zero-order chi connectivity index (χ0) is 12.3. The molecule has 2 rings (SSSR count). The number of nitrogens with zero attached hydrogens (tertiary/aromatic N) is 3. The summed E-state index contributed by atoms with van der Waals surface area (Å²) in [7, 11) is 0. The number of aromatic nitrogens is 3. The van der Waals surface area contributed by atoms with E-state index >= 15 is 0 Å². The Kier molecular flexibility index (Phi) is 3.58. The molecule has 0 saturated heterocycles. The molecule has 0 bridgehead atoms. The van der Waals surface area contributed by atoms with Crippen molar-refractivity contribution in [2.75, 3.05) is 18.4 Å². The molecular weight excluding hydrogens is 214 g/mol. The van der Waals surface area contributed by atoms with Gasteiger partial charge in [0.25, 0.3) is 0 Å². The van der Waals surface area contributed by atoms with Crippen molar-refractivity contribution < 1.29 is 0 Å². The smallest absolute Gasteiger partial charge is 0.152 e. The molecule has 0 aliphatic carbocycles. The van der Waals surface area contributed by atoms with Crippen molar-refractivity contribution in [1.29, 1.82) is 0 Å². The Morgan fingerprint density at radius 3 is 2.94 bits per heavy atom. The maximum atomic E-state index is 4.35. The Bertz CT molecular complexity index is 489. The van der Waals surface area contributed by atoms with Gasteiger partial charge in [0.1, 0.15) is 5.52 Å². The summed E-state index contributed by atoms with van der Waals surface area (Å²) in [5, 5.41) is 11.0. The molecule has 0 atom stereocenters. The first-order valence-corrected chi connectivity index (χ1v) is 5.95. The number of hydrogen-bond donors (Lipinski definition) is 2. The molecule has 0 aliphatic heterocycles. The SMILES string of the molecule is Cc1cc2c(NCCNC(C)C)nccn2n1. The maximum Gasteiger partial charge on any atom is 0.152 e. The molecule has 2 aromatic rings. The summed E-state index contributed by atoms with van der Waals surface area (Å²) in [4.78, 5) is 4.34. The van der Waals surface area contributed by atoms with E-state index in [4.69, 9.17) is 0 Å². The molecule has 0 fully saturated rings. The minimum absolute atomic E-state index is 0.512. The Hall–Kier alpha value is -1.62. The van der Waals surface area contributed by atoms with Gasteiger partial charge in [0.05, 0.1) is 5.69 Å². The molecule has 0 aliphatic rings. The molecule has 17 heavy (non-hydrogen) atoms. The van der Waals surface area contributed by atoms with Crippen molar-refractivity contribution in [3.8, 4) is 0 Å². The number of fused-ring (bicyclic) bond motifs is 1. The van der Waals surface area contributed by atoms with E-state index in [9.17, 15) is 0 Å². The Balaban J connectivity index is 2.03. The van der Waals surface area contributed by atoms with E-state index in [1.807, 2.05) is 23.7 Å². The normalized spacial score (nSPS) is 11.3. The van der Waals surface area contributed by atoms with Crippen LogP contribution in [-0.4, -0.2) is 33.7 Å². The van der Waals surface area contributed by atoms with E-state index in [1.165, 1.54) is 0 Å². The van der Waals surface area contributed by atoms with Gasteiger partial charge in [0, 0.05) is 31.5 Å². The van der Waals surface area contributed by atoms with Gasteiger partial charge in [-0.15, -0.1) is 0 Å². The third-order valence-electron chi connectivity index (χ3n) is 2.48. The Morgan fingerprint density at radius 2 is 2.18 bits per heavy atom. The molecule has 0 aromatic carbocycles. The number of anilines is 1. The van der Waals surface area contributed by atoms with Gasteiger partial charge in [-0.25, -0.2) is 9.50 Å². The van der Waals surface area contributed by atoms with E-state index in [1.54, 1.807) is 6.20 Å². The van der Waals surface area contributed by atoms with E-state index in [0.29, 0.717) is 6.04 Å². The number of nitrogens with one attached hydrogen (secondary N) is 2. The maximum absolute atomic E-state index is 4.35. The molecule has 5 heteroatoms. The average molecular weight is 233 g/mol. The Labute approximate surface area is 101 Å². The fraction of sp³-hybridized carbons (Fsp3) is 0.500. The lowest BCUT2D eigenvalue weighted by atomic mass is 10.4. The van der Waals surface area contributed by atoms with E-state index < -0.39 is 0 Å². The van der Waals surface area contributed by atoms with Gasteiger partial charge in [-0.05, 0) is 13.0 Å². The largest absolute Gasteiger partial charge is 0.367 e. The molecule has 0 amide bonds. The van der Waals surface area contributed by atoms with Gasteiger partial charge in [0.15, 0.2) is 5.82 Å². The first kappa shape index (κ1) is 11.9. The summed E-state index contributed by atoms with van der Waals surface area (Å²) >= 11 is 0. The zero-order valence-electron chi connectivity index (χ0n) is 10.6. The van der Waals surface area contributed by atoms with Crippen molar-refractivity contribution in [3.63, 3.8) is 0 Å². The monoisotopic (exact) mass is 233 g/mol. The Morgan fingerprint density at radius 1 is 1.35 bits per heavy atom. The van der Waals surface area contributed by atoms with Gasteiger partial charge >= 0.3 is 0 Å². The van der Waals surface area contributed by atoms with Crippen LogP contribution in [0.4, 0.5) is 5.82 Å². The lowest BCUT2D eigenvalue weighted by molar-refractivity contribution is 0.602. The predicted octanol–water partition coefficient (Wildman–Crippen LogP) is 1.45. The van der Waals surface area contributed by atoms with Crippen LogP contribution in [0.15, 0.2) is 18.5 Å². The summed E-state index contributed by atoms with van der Waals surface area (Å²) < 4.78 is 1.85. The van der Waals surface area contributed by atoms with E-state index in [0.717, 1.165) is 30.1 Å². The van der Waals surface area contributed by atoms with Crippen molar-refractivity contribution >= 4 is 11.3 Å². The van der Waals surface area contributed by atoms with Crippen LogP contribution in [0.2, 0.25) is 0 Å². The van der Waals surface area contributed by atoms with Crippen LogP contribution in [0.1, 0.15) is 19.5 Å². The molecule has 2 heterocycles. The van der Waals surface area contributed by atoms with Crippen LogP contribution in [0, 0.1) is 6.92 Å². The minimum Gasteiger partial charge on any atom is -0.367 e. The van der Waals surface area contributed by atoms with Crippen LogP contribution in [-0.2, 0) is 0 Å². The summed E-state index contributed by atoms with van der Waals surface area (Å²) in [5.74, 6) is 0.888. The van der Waals surface area contributed by atoms with Gasteiger partial charge in [0.2, 0.25) is 0 Å². The quantitative estimate of drug-likeness (QED) is 0.767. The van der Waals surface area contributed by atoms with Crippen LogP contribution >= 0.6 is 0 Å². The molecule has 2 N–H and O–H groups in total. The van der Waals surface area contributed by atoms with Crippen LogP contribution in [0.5, 0.6) is 0 Å². The van der Waals surface area contributed by atoms with Gasteiger partial charge in [-0.1, -0.05) is 13.8 Å². The van der Waals surface area contributed by atoms with Gasteiger partial charge in [-0.3, -0.25) is 0 Å². The van der Waals surface area contributed by atoms with Crippen LogP contribution in [0.25, 0.3) is 5.52 Å². The summed E-state index contributed by atoms with van der Waals surface area (Å²) in [6, 6.07) is 2.54. The highest BCUT2D eigenvalue weighted by molar-refractivity contribution is 5.67. The third-order valence-corrected chi connectivity index (χ3v) is 2.48. The number of aryl methyl sites for hydroxylation is 1. The highest BCUT2D eigenvalue weighted by Crippen LogP contribution is 2.13. The summed E-state index contributed by atoms with van der Waals surface area (Å²) in [6.07, 6.45) is 3.62. The van der Waals surface area contributed by atoms with Crippen molar-refractivity contribution in [3.05, 3.63) is 24.2 Å². The molecule has 92 valence electrons. The van der Waals surface area contributed by atoms with Gasteiger partial charge < -0.3 is 10.6 Å².